The molecule has 0 aliphatic rings. The molecule has 6 nitrogen and oxygen atoms in total. The Balaban J connectivity index is 3.01. The number of nitrogens with one attached hydrogen (secondary N) is 2. The number of rotatable bonds is 4. The average Bonchev–Trinajstić information content (AvgIpc) is 2.56. The number of aryl methyl sites for hydroxylation is 1. The third kappa shape index (κ3) is 3.41. The number of aromatic amines is 1. The highest BCUT2D eigenvalue weighted by molar-refractivity contribution is 7.89. The van der Waals surface area contributed by atoms with Crippen LogP contribution in [0.1, 0.15) is 11.4 Å². The molecule has 0 unspecified atom stereocenters. The summed E-state index contributed by atoms with van der Waals surface area (Å²) >= 11 is 0. The van der Waals surface area contributed by atoms with Crippen LogP contribution in [0.5, 0.6) is 0 Å². The fraction of sp³-hybridized carbons (Fsp3) is 0.571. The van der Waals surface area contributed by atoms with E-state index in [9.17, 15) is 21.6 Å². The van der Waals surface area contributed by atoms with Crippen molar-refractivity contribution in [2.45, 2.75) is 24.6 Å². The monoisotopic (exact) mass is 273 g/mol. The zero-order chi connectivity index (χ0) is 13.3. The van der Waals surface area contributed by atoms with Gasteiger partial charge in [0.25, 0.3) is 0 Å². The Hall–Kier alpha value is -1.13. The summed E-state index contributed by atoms with van der Waals surface area (Å²) in [6.07, 6.45) is -4.65. The first-order valence-electron chi connectivity index (χ1n) is 4.38. The predicted molar refractivity (Wildman–Crippen MR) is 50.5 cm³/mol. The molecule has 0 fully saturated rings. The molecule has 0 atom stereocenters. The molecule has 1 aromatic rings. The van der Waals surface area contributed by atoms with Crippen LogP contribution >= 0.6 is 0 Å². The van der Waals surface area contributed by atoms with Gasteiger partial charge in [-0.15, -0.1) is 0 Å². The summed E-state index contributed by atoms with van der Waals surface area (Å²) in [6.45, 7) is -1.04. The second kappa shape index (κ2) is 4.63. The Morgan fingerprint density at radius 2 is 2.06 bits per heavy atom. The number of halogens is 3. The van der Waals surface area contributed by atoms with Gasteiger partial charge in [0, 0.05) is 0 Å². The molecule has 0 aromatic carbocycles. The van der Waals surface area contributed by atoms with E-state index in [1.165, 1.54) is 11.6 Å². The van der Waals surface area contributed by atoms with Crippen LogP contribution in [-0.4, -0.2) is 36.4 Å². The van der Waals surface area contributed by atoms with Gasteiger partial charge in [-0.2, -0.15) is 18.3 Å². The molecular formula is C7H10F3N3O3S. The highest BCUT2D eigenvalue weighted by Crippen LogP contribution is 2.19. The molecule has 10 heteroatoms. The standard InChI is InChI=1S/C7H10F3N3O3S/c1-4-6(5(2-14)13-12-4)17(15,16)11-3-7(8,9)10/h11,14H,2-3H2,1H3,(H,12,13). The van der Waals surface area contributed by atoms with Crippen molar-refractivity contribution in [1.29, 1.82) is 0 Å². The molecule has 0 aliphatic heterocycles. The first-order chi connectivity index (χ1) is 7.67. The summed E-state index contributed by atoms with van der Waals surface area (Å²) < 4.78 is 60.2. The fourth-order valence-corrected chi connectivity index (χ4v) is 2.55. The van der Waals surface area contributed by atoms with Crippen LogP contribution in [0.4, 0.5) is 13.2 Å². The van der Waals surface area contributed by atoms with E-state index >= 15 is 0 Å². The number of aliphatic hydroxyl groups is 1. The second-order valence-electron chi connectivity index (χ2n) is 3.22. The zero-order valence-electron chi connectivity index (χ0n) is 8.67. The molecule has 0 bridgehead atoms. The lowest BCUT2D eigenvalue weighted by Gasteiger charge is -2.09. The molecule has 0 radical (unpaired) electrons. The number of aliphatic hydroxyl groups excluding tert-OH is 1. The first kappa shape index (κ1) is 13.9. The van der Waals surface area contributed by atoms with Crippen molar-refractivity contribution < 1.29 is 26.7 Å². The fourth-order valence-electron chi connectivity index (χ4n) is 1.18. The molecule has 1 aromatic heterocycles. The van der Waals surface area contributed by atoms with E-state index in [0.717, 1.165) is 0 Å². The average molecular weight is 273 g/mol. The summed E-state index contributed by atoms with van der Waals surface area (Å²) in [5, 5.41) is 14.6. The van der Waals surface area contributed by atoms with Crippen molar-refractivity contribution in [3.63, 3.8) is 0 Å². The van der Waals surface area contributed by atoms with E-state index in [0.29, 0.717) is 0 Å². The van der Waals surface area contributed by atoms with Crippen molar-refractivity contribution in [3.8, 4) is 0 Å². The Kier molecular flexibility index (Phi) is 3.79. The maximum Gasteiger partial charge on any atom is 0.402 e. The highest BCUT2D eigenvalue weighted by Gasteiger charge is 2.32. The lowest BCUT2D eigenvalue weighted by atomic mass is 10.4. The van der Waals surface area contributed by atoms with Crippen molar-refractivity contribution >= 4 is 10.0 Å². The molecule has 17 heavy (non-hydrogen) atoms. The van der Waals surface area contributed by atoms with E-state index in [1.807, 2.05) is 0 Å². The van der Waals surface area contributed by atoms with Gasteiger partial charge in [-0.25, -0.2) is 13.1 Å². The smallest absolute Gasteiger partial charge is 0.390 e. The number of hydrogen-bond acceptors (Lipinski definition) is 4. The highest BCUT2D eigenvalue weighted by atomic mass is 32.2. The van der Waals surface area contributed by atoms with Gasteiger partial charge in [0.15, 0.2) is 0 Å². The summed E-state index contributed by atoms with van der Waals surface area (Å²) in [4.78, 5) is -0.454. The second-order valence-corrected chi connectivity index (χ2v) is 4.93. The van der Waals surface area contributed by atoms with Gasteiger partial charge < -0.3 is 5.11 Å². The van der Waals surface area contributed by atoms with E-state index in [4.69, 9.17) is 5.11 Å². The SMILES string of the molecule is Cc1[nH]nc(CO)c1S(=O)(=O)NCC(F)(F)F. The van der Waals surface area contributed by atoms with Gasteiger partial charge in [-0.1, -0.05) is 0 Å². The number of alkyl halides is 3. The first-order valence-corrected chi connectivity index (χ1v) is 5.87. The molecule has 3 N–H and O–H groups in total. The van der Waals surface area contributed by atoms with E-state index < -0.39 is 34.2 Å². The third-order valence-electron chi connectivity index (χ3n) is 1.84. The van der Waals surface area contributed by atoms with Crippen molar-refractivity contribution in [2.75, 3.05) is 6.54 Å². The quantitative estimate of drug-likeness (QED) is 0.722. The Bertz CT molecular complexity index is 494. The summed E-state index contributed by atoms with van der Waals surface area (Å²) in [7, 11) is -4.35. The predicted octanol–water partition coefficient (Wildman–Crippen LogP) is 0.0510. The lowest BCUT2D eigenvalue weighted by molar-refractivity contribution is -0.121. The van der Waals surface area contributed by atoms with E-state index in [1.54, 1.807) is 0 Å². The van der Waals surface area contributed by atoms with Gasteiger partial charge in [0.05, 0.1) is 12.3 Å². The van der Waals surface area contributed by atoms with Gasteiger partial charge in [-0.05, 0) is 6.92 Å². The molecule has 0 saturated carbocycles. The van der Waals surface area contributed by atoms with Gasteiger partial charge in [-0.3, -0.25) is 5.10 Å². The van der Waals surface area contributed by atoms with Crippen molar-refractivity contribution in [1.82, 2.24) is 14.9 Å². The van der Waals surface area contributed by atoms with E-state index in [-0.39, 0.29) is 11.4 Å². The Morgan fingerprint density at radius 3 is 2.53 bits per heavy atom. The minimum absolute atomic E-state index is 0.0590. The molecule has 0 saturated heterocycles. The maximum atomic E-state index is 11.9. The molecule has 0 amide bonds. The Morgan fingerprint density at radius 1 is 1.47 bits per heavy atom. The topological polar surface area (TPSA) is 95.1 Å². The Labute approximate surface area is 94.9 Å². The summed E-state index contributed by atoms with van der Waals surface area (Å²) in [5.41, 5.74) is -0.166. The molecule has 0 aliphatic carbocycles. The number of hydrogen-bond donors (Lipinski definition) is 3. The minimum Gasteiger partial charge on any atom is -0.390 e. The van der Waals surface area contributed by atoms with Crippen LogP contribution in [0.3, 0.4) is 0 Å². The zero-order valence-corrected chi connectivity index (χ0v) is 9.48. The van der Waals surface area contributed by atoms with Crippen LogP contribution < -0.4 is 4.72 Å². The van der Waals surface area contributed by atoms with Crippen LogP contribution in [0.2, 0.25) is 0 Å². The number of aromatic nitrogens is 2. The normalized spacial score (nSPS) is 13.0. The van der Waals surface area contributed by atoms with Crippen LogP contribution in [0, 0.1) is 6.92 Å². The van der Waals surface area contributed by atoms with Gasteiger partial charge >= 0.3 is 6.18 Å². The third-order valence-corrected chi connectivity index (χ3v) is 3.45. The molecule has 1 rings (SSSR count). The van der Waals surface area contributed by atoms with Crippen LogP contribution in [0.25, 0.3) is 0 Å². The van der Waals surface area contributed by atoms with Gasteiger partial charge in [0.2, 0.25) is 10.0 Å². The number of sulfonamides is 1. The maximum absolute atomic E-state index is 11.9. The van der Waals surface area contributed by atoms with Crippen LogP contribution in [-0.2, 0) is 16.6 Å². The number of nitrogens with zero attached hydrogens (tertiary/aromatic N) is 1. The number of H-pyrrole nitrogens is 1. The molecule has 0 spiro atoms. The molecule has 98 valence electrons. The van der Waals surface area contributed by atoms with Crippen molar-refractivity contribution in [3.05, 3.63) is 11.4 Å². The molecular weight excluding hydrogens is 263 g/mol. The summed E-state index contributed by atoms with van der Waals surface area (Å²) in [5.74, 6) is 0. The minimum atomic E-state index is -4.65. The van der Waals surface area contributed by atoms with Crippen molar-refractivity contribution in [2.24, 2.45) is 0 Å². The van der Waals surface area contributed by atoms with E-state index in [2.05, 4.69) is 10.2 Å². The molecule has 1 heterocycles. The van der Waals surface area contributed by atoms with Crippen LogP contribution in [0.15, 0.2) is 4.90 Å². The largest absolute Gasteiger partial charge is 0.402 e. The lowest BCUT2D eigenvalue weighted by Crippen LogP contribution is -2.34. The van der Waals surface area contributed by atoms with Gasteiger partial charge in [0.1, 0.15) is 17.1 Å². The summed E-state index contributed by atoms with van der Waals surface area (Å²) in [6, 6.07) is 0.